The zero-order chi connectivity index (χ0) is 10.9. The second-order valence-corrected chi connectivity index (χ2v) is 5.41. The number of halogens is 1. The highest BCUT2D eigenvalue weighted by atomic mass is 79.9. The predicted molar refractivity (Wildman–Crippen MR) is 62.2 cm³/mol. The highest BCUT2D eigenvalue weighted by molar-refractivity contribution is 9.10. The van der Waals surface area contributed by atoms with Gasteiger partial charge >= 0.3 is 0 Å². The van der Waals surface area contributed by atoms with Crippen LogP contribution in [-0.4, -0.2) is 5.11 Å². The molecule has 0 unspecified atom stereocenters. The molecule has 2 nitrogen and oxygen atoms in total. The van der Waals surface area contributed by atoms with Crippen LogP contribution in [0.5, 0.6) is 5.75 Å². The molecule has 0 fully saturated rings. The lowest BCUT2D eigenvalue weighted by Gasteiger charge is -2.27. The van der Waals surface area contributed by atoms with E-state index in [1.165, 1.54) is 0 Å². The summed E-state index contributed by atoms with van der Waals surface area (Å²) >= 11 is 3.28. The standard InChI is InChI=1S/C11H16BrNO/c1-11(2,3)10(13)7-4-5-9(14)8(12)6-7/h4-6,10,14H,13H2,1-3H3/t10-/m1/s1. The Bertz CT molecular complexity index is 331. The minimum absolute atomic E-state index is 0.0242. The highest BCUT2D eigenvalue weighted by Gasteiger charge is 2.22. The van der Waals surface area contributed by atoms with Crippen molar-refractivity contribution in [1.82, 2.24) is 0 Å². The molecule has 0 aliphatic carbocycles. The van der Waals surface area contributed by atoms with E-state index in [1.54, 1.807) is 6.07 Å². The van der Waals surface area contributed by atoms with E-state index in [2.05, 4.69) is 36.7 Å². The van der Waals surface area contributed by atoms with Gasteiger partial charge in [-0.1, -0.05) is 26.8 Å². The number of aromatic hydroxyl groups is 1. The smallest absolute Gasteiger partial charge is 0.129 e. The summed E-state index contributed by atoms with van der Waals surface area (Å²) in [5.41, 5.74) is 7.14. The largest absolute Gasteiger partial charge is 0.507 e. The predicted octanol–water partition coefficient (Wildman–Crippen LogP) is 3.20. The number of nitrogens with two attached hydrogens (primary N) is 1. The maximum Gasteiger partial charge on any atom is 0.129 e. The number of benzene rings is 1. The third kappa shape index (κ3) is 2.49. The molecular weight excluding hydrogens is 242 g/mol. The molecule has 14 heavy (non-hydrogen) atoms. The molecule has 0 aliphatic rings. The zero-order valence-electron chi connectivity index (χ0n) is 8.71. The fourth-order valence-corrected chi connectivity index (χ4v) is 1.61. The summed E-state index contributed by atoms with van der Waals surface area (Å²) in [5.74, 6) is 0.245. The van der Waals surface area contributed by atoms with Crippen molar-refractivity contribution in [3.05, 3.63) is 28.2 Å². The molecule has 0 saturated heterocycles. The van der Waals surface area contributed by atoms with Gasteiger partial charge in [0.05, 0.1) is 4.47 Å². The van der Waals surface area contributed by atoms with Crippen molar-refractivity contribution in [2.45, 2.75) is 26.8 Å². The molecule has 3 N–H and O–H groups in total. The molecule has 0 aromatic heterocycles. The van der Waals surface area contributed by atoms with E-state index in [-0.39, 0.29) is 17.2 Å². The zero-order valence-corrected chi connectivity index (χ0v) is 10.3. The van der Waals surface area contributed by atoms with E-state index in [0.717, 1.165) is 5.56 Å². The third-order valence-corrected chi connectivity index (χ3v) is 2.90. The number of hydrogen-bond acceptors (Lipinski definition) is 2. The molecule has 3 heteroatoms. The molecule has 1 atom stereocenters. The Hall–Kier alpha value is -0.540. The lowest BCUT2D eigenvalue weighted by molar-refractivity contribution is 0.326. The first kappa shape index (κ1) is 11.5. The Labute approximate surface area is 93.3 Å². The summed E-state index contributed by atoms with van der Waals surface area (Å²) in [6.45, 7) is 6.29. The second kappa shape index (κ2) is 3.91. The van der Waals surface area contributed by atoms with Gasteiger partial charge in [0.1, 0.15) is 5.75 Å². The monoisotopic (exact) mass is 257 g/mol. The van der Waals surface area contributed by atoms with Crippen molar-refractivity contribution >= 4 is 15.9 Å². The third-order valence-electron chi connectivity index (χ3n) is 2.26. The Balaban J connectivity index is 3.03. The van der Waals surface area contributed by atoms with Gasteiger partial charge in [0.25, 0.3) is 0 Å². The van der Waals surface area contributed by atoms with Crippen molar-refractivity contribution in [2.24, 2.45) is 11.1 Å². The quantitative estimate of drug-likeness (QED) is 0.812. The topological polar surface area (TPSA) is 46.2 Å². The number of rotatable bonds is 1. The van der Waals surface area contributed by atoms with Gasteiger partial charge in [0, 0.05) is 6.04 Å². The van der Waals surface area contributed by atoms with Crippen molar-refractivity contribution in [1.29, 1.82) is 0 Å². The molecule has 0 spiro atoms. The summed E-state index contributed by atoms with van der Waals surface area (Å²) in [5, 5.41) is 9.34. The van der Waals surface area contributed by atoms with Crippen LogP contribution < -0.4 is 5.73 Å². The van der Waals surface area contributed by atoms with E-state index in [1.807, 2.05) is 12.1 Å². The Morgan fingerprint density at radius 1 is 1.36 bits per heavy atom. The average Bonchev–Trinajstić information content (AvgIpc) is 2.07. The normalized spacial score (nSPS) is 14.1. The van der Waals surface area contributed by atoms with Crippen LogP contribution in [0.15, 0.2) is 22.7 Å². The number of phenols is 1. The molecule has 0 heterocycles. The molecule has 1 aromatic rings. The summed E-state index contributed by atoms with van der Waals surface area (Å²) < 4.78 is 0.690. The van der Waals surface area contributed by atoms with Crippen molar-refractivity contribution < 1.29 is 5.11 Å². The molecule has 0 saturated carbocycles. The molecule has 1 rings (SSSR count). The number of hydrogen-bond donors (Lipinski definition) is 2. The van der Waals surface area contributed by atoms with Crippen LogP contribution >= 0.6 is 15.9 Å². The first-order valence-corrected chi connectivity index (χ1v) is 5.35. The molecule has 0 amide bonds. The molecule has 0 radical (unpaired) electrons. The lowest BCUT2D eigenvalue weighted by Crippen LogP contribution is -2.26. The van der Waals surface area contributed by atoms with Crippen LogP contribution in [0.25, 0.3) is 0 Å². The first-order valence-electron chi connectivity index (χ1n) is 4.56. The second-order valence-electron chi connectivity index (χ2n) is 4.55. The molecule has 1 aromatic carbocycles. The van der Waals surface area contributed by atoms with Gasteiger partial charge in [-0.05, 0) is 39.0 Å². The fourth-order valence-electron chi connectivity index (χ4n) is 1.22. The summed E-state index contributed by atoms with van der Waals surface area (Å²) in [4.78, 5) is 0. The highest BCUT2D eigenvalue weighted by Crippen LogP contribution is 2.33. The van der Waals surface area contributed by atoms with Crippen LogP contribution in [0.3, 0.4) is 0 Å². The minimum Gasteiger partial charge on any atom is -0.507 e. The van der Waals surface area contributed by atoms with Crippen molar-refractivity contribution in [2.75, 3.05) is 0 Å². The summed E-state index contributed by atoms with van der Waals surface area (Å²) in [7, 11) is 0. The van der Waals surface area contributed by atoms with Crippen LogP contribution in [0.1, 0.15) is 32.4 Å². The SMILES string of the molecule is CC(C)(C)[C@H](N)c1ccc(O)c(Br)c1. The van der Waals surface area contributed by atoms with Crippen molar-refractivity contribution in [3.8, 4) is 5.75 Å². The van der Waals surface area contributed by atoms with Gasteiger partial charge in [0.2, 0.25) is 0 Å². The van der Waals surface area contributed by atoms with Gasteiger partial charge in [-0.25, -0.2) is 0 Å². The van der Waals surface area contributed by atoms with E-state index < -0.39 is 0 Å². The summed E-state index contributed by atoms with van der Waals surface area (Å²) in [6.07, 6.45) is 0. The van der Waals surface area contributed by atoms with Gasteiger partial charge in [-0.15, -0.1) is 0 Å². The van der Waals surface area contributed by atoms with E-state index in [4.69, 9.17) is 5.73 Å². The molecule has 0 bridgehead atoms. The Kier molecular flexibility index (Phi) is 3.22. The average molecular weight is 258 g/mol. The molecular formula is C11H16BrNO. The maximum atomic E-state index is 9.34. The minimum atomic E-state index is -0.0283. The summed E-state index contributed by atoms with van der Waals surface area (Å²) in [6, 6.07) is 5.35. The van der Waals surface area contributed by atoms with E-state index >= 15 is 0 Å². The maximum absolute atomic E-state index is 9.34. The Morgan fingerprint density at radius 3 is 2.36 bits per heavy atom. The van der Waals surface area contributed by atoms with Gasteiger partial charge in [-0.3, -0.25) is 0 Å². The molecule has 78 valence electrons. The van der Waals surface area contributed by atoms with Crippen LogP contribution in [0, 0.1) is 5.41 Å². The van der Waals surface area contributed by atoms with Crippen LogP contribution in [0.4, 0.5) is 0 Å². The van der Waals surface area contributed by atoms with E-state index in [9.17, 15) is 5.11 Å². The van der Waals surface area contributed by atoms with Gasteiger partial charge in [-0.2, -0.15) is 0 Å². The lowest BCUT2D eigenvalue weighted by atomic mass is 9.83. The fraction of sp³-hybridized carbons (Fsp3) is 0.455. The van der Waals surface area contributed by atoms with Gasteiger partial charge in [0.15, 0.2) is 0 Å². The van der Waals surface area contributed by atoms with Crippen LogP contribution in [-0.2, 0) is 0 Å². The first-order chi connectivity index (χ1) is 6.32. The number of phenolic OH excluding ortho intramolecular Hbond substituents is 1. The Morgan fingerprint density at radius 2 is 1.93 bits per heavy atom. The van der Waals surface area contributed by atoms with Crippen LogP contribution in [0.2, 0.25) is 0 Å². The van der Waals surface area contributed by atoms with Gasteiger partial charge < -0.3 is 10.8 Å². The van der Waals surface area contributed by atoms with E-state index in [0.29, 0.717) is 4.47 Å². The van der Waals surface area contributed by atoms with Crippen molar-refractivity contribution in [3.63, 3.8) is 0 Å². The molecule has 0 aliphatic heterocycles.